The summed E-state index contributed by atoms with van der Waals surface area (Å²) < 4.78 is 5.97. The molecule has 0 atom stereocenters. The van der Waals surface area contributed by atoms with Gasteiger partial charge in [0.05, 0.1) is 11.1 Å². The number of esters is 2. The van der Waals surface area contributed by atoms with Gasteiger partial charge in [-0.15, -0.1) is 0 Å². The van der Waals surface area contributed by atoms with Crippen molar-refractivity contribution in [3.8, 4) is 0 Å². The van der Waals surface area contributed by atoms with Crippen molar-refractivity contribution in [2.24, 2.45) is 0 Å². The van der Waals surface area contributed by atoms with Crippen LogP contribution in [0, 0.1) is 0 Å². The van der Waals surface area contributed by atoms with Crippen LogP contribution in [-0.4, -0.2) is 11.9 Å². The molecule has 0 radical (unpaired) electrons. The molecule has 14 rings (SSSR count). The van der Waals surface area contributed by atoms with Crippen LogP contribution in [0.5, 0.6) is 0 Å². The molecule has 0 unspecified atom stereocenters. The molecule has 0 saturated heterocycles. The lowest BCUT2D eigenvalue weighted by Gasteiger charge is -2.22. The minimum Gasteiger partial charge on any atom is -0.386 e. The van der Waals surface area contributed by atoms with Gasteiger partial charge in [0, 0.05) is 0 Å². The molecule has 3 nitrogen and oxygen atoms in total. The topological polar surface area (TPSA) is 43.4 Å². The number of carbonyl (C=O) groups is 2. The summed E-state index contributed by atoms with van der Waals surface area (Å²) in [5.41, 5.74) is 0.790. The Bertz CT molecular complexity index is 3540. The summed E-state index contributed by atoms with van der Waals surface area (Å²) in [6.07, 6.45) is 0. The fourth-order valence-electron chi connectivity index (χ4n) is 10.5. The van der Waals surface area contributed by atoms with E-state index < -0.39 is 11.9 Å². The van der Waals surface area contributed by atoms with Gasteiger partial charge < -0.3 is 4.74 Å². The van der Waals surface area contributed by atoms with Crippen LogP contribution in [0.15, 0.2) is 133 Å². The lowest BCUT2D eigenvalue weighted by molar-refractivity contribution is 0.0401. The van der Waals surface area contributed by atoms with E-state index in [9.17, 15) is 9.59 Å². The van der Waals surface area contributed by atoms with Crippen LogP contribution < -0.4 is 0 Å². The van der Waals surface area contributed by atoms with E-state index in [1.54, 1.807) is 0 Å². The first-order valence-electron chi connectivity index (χ1n) is 18.1. The summed E-state index contributed by atoms with van der Waals surface area (Å²) >= 11 is 0. The van der Waals surface area contributed by atoms with Crippen LogP contribution in [0.2, 0.25) is 0 Å². The molecule has 0 aliphatic heterocycles. The lowest BCUT2D eigenvalue weighted by atomic mass is 9.81. The molecule has 3 heteroatoms. The quantitative estimate of drug-likeness (QED) is 0.0796. The predicted octanol–water partition coefficient (Wildman–Crippen LogP) is 13.1. The van der Waals surface area contributed by atoms with Gasteiger partial charge >= 0.3 is 11.9 Å². The summed E-state index contributed by atoms with van der Waals surface area (Å²) in [4.78, 5) is 28.9. The minimum atomic E-state index is -0.644. The van der Waals surface area contributed by atoms with E-state index in [1.165, 1.54) is 64.6 Å². The number of carbonyl (C=O) groups excluding carboxylic acids is 2. The molecule has 53 heavy (non-hydrogen) atoms. The van der Waals surface area contributed by atoms with Gasteiger partial charge in [-0.25, -0.2) is 9.59 Å². The molecule has 240 valence electrons. The van der Waals surface area contributed by atoms with Gasteiger partial charge in [0.2, 0.25) is 0 Å². The Morgan fingerprint density at radius 2 is 0.472 bits per heavy atom. The number of benzene rings is 14. The second-order valence-corrected chi connectivity index (χ2v) is 15.0. The van der Waals surface area contributed by atoms with Gasteiger partial charge in [-0.2, -0.15) is 0 Å². The summed E-state index contributed by atoms with van der Waals surface area (Å²) in [5, 5.41) is 27.0. The molecule has 0 aliphatic rings. The van der Waals surface area contributed by atoms with Crippen molar-refractivity contribution in [1.82, 2.24) is 0 Å². The van der Waals surface area contributed by atoms with Crippen molar-refractivity contribution in [3.05, 3.63) is 145 Å². The number of hydrogen-bond donors (Lipinski definition) is 0. The number of ether oxygens (including phenoxy) is 1. The molecule has 0 amide bonds. The Hall–Kier alpha value is -7.10. The maximum Gasteiger partial charge on any atom is 0.346 e. The molecular weight excluding hydrogens is 649 g/mol. The zero-order valence-electron chi connectivity index (χ0n) is 27.9. The van der Waals surface area contributed by atoms with E-state index in [1.807, 2.05) is 24.3 Å². The number of hydrogen-bond acceptors (Lipinski definition) is 3. The van der Waals surface area contributed by atoms with Crippen molar-refractivity contribution < 1.29 is 14.3 Å². The second-order valence-electron chi connectivity index (χ2n) is 15.0. The third-order valence-corrected chi connectivity index (χ3v) is 12.6. The average molecular weight is 671 g/mol. The largest absolute Gasteiger partial charge is 0.386 e. The Kier molecular flexibility index (Phi) is 4.36. The monoisotopic (exact) mass is 670 g/mol. The molecule has 0 heterocycles. The minimum absolute atomic E-state index is 0.395. The standard InChI is InChI=1S/C50H22O3/c51-49(35-21-31-15-13-27-7-3-23-1-5-25-9-11-29-17-19-33(35)47-43(29)39(25)37(23)41(27)45(31)47)53-50(52)36-22-32-16-14-28-8-4-24-2-6-26-10-12-30-18-20-34(36)48-44(30)40(26)38(24)42(28)46(32)48/h1-22H. The van der Waals surface area contributed by atoms with Crippen molar-refractivity contribution in [3.63, 3.8) is 0 Å². The van der Waals surface area contributed by atoms with Gasteiger partial charge in [0.15, 0.2) is 0 Å². The van der Waals surface area contributed by atoms with Crippen LogP contribution in [-0.2, 0) is 4.74 Å². The third-order valence-electron chi connectivity index (χ3n) is 12.6. The molecule has 0 N–H and O–H groups in total. The maximum atomic E-state index is 14.5. The summed E-state index contributed by atoms with van der Waals surface area (Å²) in [6.45, 7) is 0. The normalized spacial score (nSPS) is 13.1. The highest BCUT2D eigenvalue weighted by molar-refractivity contribution is 6.47. The van der Waals surface area contributed by atoms with Crippen LogP contribution in [0.25, 0.3) is 129 Å². The van der Waals surface area contributed by atoms with Crippen LogP contribution in [0.1, 0.15) is 20.7 Å². The zero-order valence-corrected chi connectivity index (χ0v) is 27.9. The third kappa shape index (κ3) is 2.97. The van der Waals surface area contributed by atoms with Gasteiger partial charge in [0.1, 0.15) is 0 Å². The van der Waals surface area contributed by atoms with Crippen LogP contribution in [0.4, 0.5) is 0 Å². The molecule has 0 aromatic heterocycles. The van der Waals surface area contributed by atoms with E-state index in [2.05, 4.69) is 109 Å². The highest BCUT2D eigenvalue weighted by atomic mass is 16.6. The summed E-state index contributed by atoms with van der Waals surface area (Å²) in [7, 11) is 0. The molecule has 0 aliphatic carbocycles. The fourth-order valence-corrected chi connectivity index (χ4v) is 10.5. The van der Waals surface area contributed by atoms with Crippen molar-refractivity contribution >= 4 is 141 Å². The lowest BCUT2D eigenvalue weighted by Crippen LogP contribution is -2.14. The molecular formula is C50H22O3. The van der Waals surface area contributed by atoms with Crippen molar-refractivity contribution in [2.45, 2.75) is 0 Å². The Balaban J connectivity index is 1.01. The first-order valence-corrected chi connectivity index (χ1v) is 18.1. The fraction of sp³-hybridized carbons (Fsp3) is 0. The smallest absolute Gasteiger partial charge is 0.346 e. The van der Waals surface area contributed by atoms with Gasteiger partial charge in [-0.3, -0.25) is 0 Å². The summed E-state index contributed by atoms with van der Waals surface area (Å²) in [5.74, 6) is -1.29. The maximum absolute atomic E-state index is 14.5. The van der Waals surface area contributed by atoms with E-state index in [0.717, 1.165) is 64.6 Å². The Morgan fingerprint density at radius 3 is 0.755 bits per heavy atom. The van der Waals surface area contributed by atoms with E-state index in [4.69, 9.17) is 4.74 Å². The van der Waals surface area contributed by atoms with Crippen LogP contribution >= 0.6 is 0 Å². The first-order chi connectivity index (χ1) is 26.1. The van der Waals surface area contributed by atoms with Crippen molar-refractivity contribution in [1.29, 1.82) is 0 Å². The highest BCUT2D eigenvalue weighted by Crippen LogP contribution is 2.51. The van der Waals surface area contributed by atoms with E-state index in [-0.39, 0.29) is 0 Å². The van der Waals surface area contributed by atoms with Crippen molar-refractivity contribution in [2.75, 3.05) is 0 Å². The van der Waals surface area contributed by atoms with E-state index >= 15 is 0 Å². The highest BCUT2D eigenvalue weighted by Gasteiger charge is 2.28. The van der Waals surface area contributed by atoms with Gasteiger partial charge in [0.25, 0.3) is 0 Å². The molecule has 14 aromatic rings. The zero-order chi connectivity index (χ0) is 34.4. The van der Waals surface area contributed by atoms with Gasteiger partial charge in [-0.1, -0.05) is 121 Å². The SMILES string of the molecule is O=C(OC(=O)c1cc2ccc3ccc4ccc5ccc6ccc1c1c6c5c4c3c21)c1cc2ccc3ccc4ccc5ccc6ccc1c1c6c5c4c3c21. The summed E-state index contributed by atoms with van der Waals surface area (Å²) in [6, 6.07) is 46.8. The predicted molar refractivity (Wildman–Crippen MR) is 220 cm³/mol. The molecule has 14 aromatic carbocycles. The number of rotatable bonds is 2. The van der Waals surface area contributed by atoms with Gasteiger partial charge in [-0.05, 0) is 141 Å². The molecule has 0 fully saturated rings. The second kappa shape index (κ2) is 8.67. The molecule has 0 bridgehead atoms. The van der Waals surface area contributed by atoms with Crippen LogP contribution in [0.3, 0.4) is 0 Å². The molecule has 0 spiro atoms. The average Bonchev–Trinajstić information content (AvgIpc) is 3.20. The Morgan fingerprint density at radius 1 is 0.264 bits per heavy atom. The molecule has 0 saturated carbocycles. The first kappa shape index (κ1) is 26.7. The Labute approximate surface area is 299 Å². The van der Waals surface area contributed by atoms with E-state index in [0.29, 0.717) is 11.1 Å².